The molecule has 2 rings (SSSR count). The Morgan fingerprint density at radius 1 is 1.32 bits per heavy atom. The molecule has 19 heavy (non-hydrogen) atoms. The van der Waals surface area contributed by atoms with E-state index in [1.54, 1.807) is 6.92 Å². The lowest BCUT2D eigenvalue weighted by molar-refractivity contribution is -0.140. The fourth-order valence-corrected chi connectivity index (χ4v) is 1.94. The van der Waals surface area contributed by atoms with Crippen molar-refractivity contribution >= 4 is 28.2 Å². The van der Waals surface area contributed by atoms with E-state index in [-0.39, 0.29) is 21.6 Å². The number of rotatable bonds is 2. The van der Waals surface area contributed by atoms with Crippen LogP contribution >= 0.6 is 11.6 Å². The molecule has 1 heterocycles. The van der Waals surface area contributed by atoms with Crippen LogP contribution in [-0.4, -0.2) is 11.5 Å². The normalized spacial score (nSPS) is 11.9. The van der Waals surface area contributed by atoms with Gasteiger partial charge in [0.15, 0.2) is 0 Å². The number of halogens is 5. The molecule has 2 aromatic rings. The molecule has 0 unspecified atom stereocenters. The zero-order valence-corrected chi connectivity index (χ0v) is 10.5. The van der Waals surface area contributed by atoms with E-state index in [2.05, 4.69) is 10.3 Å². The molecule has 0 fully saturated rings. The number of nitrogens with zero attached hydrogens (tertiary/aromatic N) is 1. The maximum Gasteiger partial charge on any atom is 0.433 e. The summed E-state index contributed by atoms with van der Waals surface area (Å²) in [6.45, 7) is 2.05. The summed E-state index contributed by atoms with van der Waals surface area (Å²) in [7, 11) is 0. The van der Waals surface area contributed by atoms with Crippen molar-refractivity contribution in [3.8, 4) is 0 Å². The molecule has 1 aromatic heterocycles. The van der Waals surface area contributed by atoms with Crippen LogP contribution in [0, 0.1) is 5.82 Å². The Hall–Kier alpha value is -1.56. The van der Waals surface area contributed by atoms with Crippen molar-refractivity contribution in [1.82, 2.24) is 4.98 Å². The number of alkyl halides is 3. The van der Waals surface area contributed by atoms with E-state index in [0.29, 0.717) is 6.54 Å². The third-order valence-corrected chi connectivity index (χ3v) is 2.82. The van der Waals surface area contributed by atoms with Gasteiger partial charge in [-0.3, -0.25) is 0 Å². The summed E-state index contributed by atoms with van der Waals surface area (Å²) >= 11 is 5.80. The minimum absolute atomic E-state index is 0.0262. The van der Waals surface area contributed by atoms with Gasteiger partial charge in [0.1, 0.15) is 11.5 Å². The van der Waals surface area contributed by atoms with Crippen LogP contribution in [0.3, 0.4) is 0 Å². The van der Waals surface area contributed by atoms with Crippen molar-refractivity contribution in [3.63, 3.8) is 0 Å². The van der Waals surface area contributed by atoms with Crippen LogP contribution in [0.2, 0.25) is 5.02 Å². The van der Waals surface area contributed by atoms with Crippen molar-refractivity contribution < 1.29 is 17.6 Å². The van der Waals surface area contributed by atoms with Crippen LogP contribution in [0.1, 0.15) is 12.6 Å². The summed E-state index contributed by atoms with van der Waals surface area (Å²) in [4.78, 5) is 3.41. The number of nitrogens with one attached hydrogen (secondary N) is 1. The molecule has 0 radical (unpaired) electrons. The summed E-state index contributed by atoms with van der Waals surface area (Å²) < 4.78 is 52.0. The summed E-state index contributed by atoms with van der Waals surface area (Å²) in [5, 5.41) is 2.63. The predicted octanol–water partition coefficient (Wildman–Crippen LogP) is 4.48. The van der Waals surface area contributed by atoms with Gasteiger partial charge in [-0.15, -0.1) is 0 Å². The fourth-order valence-electron chi connectivity index (χ4n) is 1.74. The quantitative estimate of drug-likeness (QED) is 0.826. The Labute approximate surface area is 111 Å². The van der Waals surface area contributed by atoms with Crippen LogP contribution < -0.4 is 5.32 Å². The lowest BCUT2D eigenvalue weighted by Crippen LogP contribution is -2.10. The largest absolute Gasteiger partial charge is 0.433 e. The van der Waals surface area contributed by atoms with Crippen LogP contribution in [0.25, 0.3) is 10.9 Å². The van der Waals surface area contributed by atoms with Crippen LogP contribution in [0.15, 0.2) is 18.2 Å². The van der Waals surface area contributed by atoms with Gasteiger partial charge in [0.05, 0.1) is 15.9 Å². The highest BCUT2D eigenvalue weighted by atomic mass is 35.5. The van der Waals surface area contributed by atoms with Gasteiger partial charge < -0.3 is 5.32 Å². The van der Waals surface area contributed by atoms with Crippen LogP contribution in [-0.2, 0) is 6.18 Å². The van der Waals surface area contributed by atoms with Gasteiger partial charge >= 0.3 is 6.18 Å². The molecule has 1 aromatic carbocycles. The van der Waals surface area contributed by atoms with Gasteiger partial charge in [-0.05, 0) is 25.1 Å². The first-order valence-electron chi connectivity index (χ1n) is 5.44. The van der Waals surface area contributed by atoms with Crippen molar-refractivity contribution in [1.29, 1.82) is 0 Å². The van der Waals surface area contributed by atoms with Gasteiger partial charge in [0.2, 0.25) is 0 Å². The SMILES string of the molecule is CCNc1cc(C(F)(F)F)nc2c(Cl)ccc(F)c12. The number of hydrogen-bond donors (Lipinski definition) is 1. The van der Waals surface area contributed by atoms with Gasteiger partial charge in [-0.1, -0.05) is 11.6 Å². The second-order valence-electron chi connectivity index (χ2n) is 3.84. The standard InChI is InChI=1S/C12H9ClF4N2/c1-2-18-8-5-9(12(15,16)17)19-11-6(13)3-4-7(14)10(8)11/h3-5H,2H2,1H3,(H,18,19). The highest BCUT2D eigenvalue weighted by Gasteiger charge is 2.34. The second-order valence-corrected chi connectivity index (χ2v) is 4.24. The Morgan fingerprint density at radius 2 is 2.00 bits per heavy atom. The Bertz CT molecular complexity index is 625. The zero-order chi connectivity index (χ0) is 14.2. The molecular formula is C12H9ClF4N2. The van der Waals surface area contributed by atoms with Gasteiger partial charge in [0, 0.05) is 12.2 Å². The maximum absolute atomic E-state index is 13.8. The Morgan fingerprint density at radius 3 is 2.58 bits per heavy atom. The Kier molecular flexibility index (Phi) is 3.54. The van der Waals surface area contributed by atoms with Gasteiger partial charge in [0.25, 0.3) is 0 Å². The fraction of sp³-hybridized carbons (Fsp3) is 0.250. The number of anilines is 1. The van der Waals surface area contributed by atoms with E-state index in [1.165, 1.54) is 6.07 Å². The second kappa shape index (κ2) is 4.85. The van der Waals surface area contributed by atoms with E-state index >= 15 is 0 Å². The predicted molar refractivity (Wildman–Crippen MR) is 65.9 cm³/mol. The van der Waals surface area contributed by atoms with E-state index in [0.717, 1.165) is 12.1 Å². The monoisotopic (exact) mass is 292 g/mol. The van der Waals surface area contributed by atoms with Crippen LogP contribution in [0.5, 0.6) is 0 Å². The number of pyridine rings is 1. The minimum Gasteiger partial charge on any atom is -0.385 e. The summed E-state index contributed by atoms with van der Waals surface area (Å²) in [6.07, 6.45) is -4.62. The molecule has 0 aliphatic rings. The minimum atomic E-state index is -4.62. The maximum atomic E-state index is 13.8. The highest BCUT2D eigenvalue weighted by Crippen LogP contribution is 2.36. The number of aromatic nitrogens is 1. The Balaban J connectivity index is 2.83. The third kappa shape index (κ3) is 2.58. The molecule has 2 nitrogen and oxygen atoms in total. The molecule has 0 aliphatic carbocycles. The van der Waals surface area contributed by atoms with Crippen molar-refractivity contribution in [2.24, 2.45) is 0 Å². The molecule has 0 bridgehead atoms. The van der Waals surface area contributed by atoms with E-state index in [1.807, 2.05) is 0 Å². The van der Waals surface area contributed by atoms with Crippen molar-refractivity contribution in [2.75, 3.05) is 11.9 Å². The topological polar surface area (TPSA) is 24.9 Å². The molecule has 0 saturated carbocycles. The first kappa shape index (κ1) is 13.9. The molecule has 0 aliphatic heterocycles. The van der Waals surface area contributed by atoms with Crippen molar-refractivity contribution in [3.05, 3.63) is 34.7 Å². The summed E-state index contributed by atoms with van der Waals surface area (Å²) in [5.41, 5.74) is -1.28. The summed E-state index contributed by atoms with van der Waals surface area (Å²) in [5.74, 6) is -0.670. The van der Waals surface area contributed by atoms with Gasteiger partial charge in [-0.2, -0.15) is 13.2 Å². The lowest BCUT2D eigenvalue weighted by atomic mass is 10.1. The van der Waals surface area contributed by atoms with E-state index in [4.69, 9.17) is 11.6 Å². The average Bonchev–Trinajstić information content (AvgIpc) is 2.33. The molecule has 0 saturated heterocycles. The first-order valence-corrected chi connectivity index (χ1v) is 5.82. The molecule has 7 heteroatoms. The molecule has 1 N–H and O–H groups in total. The molecule has 0 spiro atoms. The number of hydrogen-bond acceptors (Lipinski definition) is 2. The van der Waals surface area contributed by atoms with Gasteiger partial charge in [-0.25, -0.2) is 9.37 Å². The highest BCUT2D eigenvalue weighted by molar-refractivity contribution is 6.35. The van der Waals surface area contributed by atoms with E-state index < -0.39 is 17.7 Å². The molecular weight excluding hydrogens is 284 g/mol. The number of benzene rings is 1. The molecule has 0 amide bonds. The molecule has 0 atom stereocenters. The smallest absolute Gasteiger partial charge is 0.385 e. The zero-order valence-electron chi connectivity index (χ0n) is 9.78. The van der Waals surface area contributed by atoms with Crippen LogP contribution in [0.4, 0.5) is 23.2 Å². The summed E-state index contributed by atoms with van der Waals surface area (Å²) in [6, 6.07) is 3.06. The number of fused-ring (bicyclic) bond motifs is 1. The lowest BCUT2D eigenvalue weighted by Gasteiger charge is -2.13. The average molecular weight is 293 g/mol. The van der Waals surface area contributed by atoms with E-state index in [9.17, 15) is 17.6 Å². The third-order valence-electron chi connectivity index (χ3n) is 2.52. The first-order chi connectivity index (χ1) is 8.84. The molecule has 102 valence electrons. The van der Waals surface area contributed by atoms with Crippen molar-refractivity contribution in [2.45, 2.75) is 13.1 Å².